The number of primary amides is 1. The minimum atomic E-state index is -0.790. The van der Waals surface area contributed by atoms with Gasteiger partial charge in [0, 0.05) is 19.2 Å². The highest BCUT2D eigenvalue weighted by Gasteiger charge is 2.35. The average Bonchev–Trinajstić information content (AvgIpc) is 2.88. The first-order valence-corrected chi connectivity index (χ1v) is 11.5. The number of phenols is 1. The molecule has 2 unspecified atom stereocenters. The van der Waals surface area contributed by atoms with Crippen LogP contribution in [0.15, 0.2) is 60.9 Å². The van der Waals surface area contributed by atoms with Crippen LogP contribution in [-0.2, 0) is 17.8 Å². The van der Waals surface area contributed by atoms with Crippen LogP contribution in [0.1, 0.15) is 36.6 Å². The van der Waals surface area contributed by atoms with Crippen LogP contribution < -0.4 is 20.5 Å². The number of nitrogens with zero attached hydrogens (tertiary/aromatic N) is 2. The zero-order valence-corrected chi connectivity index (χ0v) is 19.6. The van der Waals surface area contributed by atoms with Crippen LogP contribution in [0.4, 0.5) is 10.5 Å². The highest BCUT2D eigenvalue weighted by Crippen LogP contribution is 2.40. The molecule has 5 rings (SSSR count). The Bertz CT molecular complexity index is 1200. The summed E-state index contributed by atoms with van der Waals surface area (Å²) in [6, 6.07) is 12.7. The van der Waals surface area contributed by atoms with Crippen LogP contribution in [0.25, 0.3) is 0 Å². The molecule has 4 N–H and O–H groups in total. The third kappa shape index (κ3) is 5.13. The highest BCUT2D eigenvalue weighted by molar-refractivity contribution is 5.93. The number of hydrogen-bond donors (Lipinski definition) is 3. The molecule has 2 aromatic carbocycles. The molecule has 182 valence electrons. The number of nitrogens with two attached hydrogens (primary N) is 1. The fourth-order valence-electron chi connectivity index (χ4n) is 4.10. The van der Waals surface area contributed by atoms with E-state index in [1.54, 1.807) is 42.6 Å². The number of rotatable bonds is 3. The monoisotopic (exact) mass is 476 g/mol. The number of nitrogens with one attached hydrogen (secondary N) is 1. The summed E-state index contributed by atoms with van der Waals surface area (Å²) in [5, 5.41) is 12.3. The SMILES string of the molecule is CC.NC(=O)C1Cc2cc3c(cc2CN1C(=O)Nc1cccnc1)OC(c1ccc(O)cc1)CO3. The van der Waals surface area contributed by atoms with Gasteiger partial charge in [0.2, 0.25) is 5.91 Å². The maximum absolute atomic E-state index is 12.9. The quantitative estimate of drug-likeness (QED) is 0.528. The molecule has 0 fully saturated rings. The number of benzene rings is 2. The number of carbonyl (C=O) groups is 2. The lowest BCUT2D eigenvalue weighted by Crippen LogP contribution is -2.52. The van der Waals surface area contributed by atoms with Gasteiger partial charge in [0.05, 0.1) is 11.9 Å². The number of hydrogen-bond acceptors (Lipinski definition) is 6. The van der Waals surface area contributed by atoms with E-state index in [9.17, 15) is 14.7 Å². The van der Waals surface area contributed by atoms with Gasteiger partial charge in [-0.15, -0.1) is 0 Å². The van der Waals surface area contributed by atoms with Gasteiger partial charge in [-0.05, 0) is 53.1 Å². The van der Waals surface area contributed by atoms with Crippen molar-refractivity contribution in [3.05, 3.63) is 77.6 Å². The zero-order chi connectivity index (χ0) is 24.9. The summed E-state index contributed by atoms with van der Waals surface area (Å²) in [6.45, 7) is 4.50. The Morgan fingerprint density at radius 2 is 1.86 bits per heavy atom. The van der Waals surface area contributed by atoms with Gasteiger partial charge in [-0.2, -0.15) is 0 Å². The number of phenolic OH excluding ortho intramolecular Hbond substituents is 1. The van der Waals surface area contributed by atoms with Crippen LogP contribution in [0, 0.1) is 0 Å². The van der Waals surface area contributed by atoms with E-state index in [4.69, 9.17) is 15.2 Å². The van der Waals surface area contributed by atoms with E-state index in [1.165, 1.54) is 11.1 Å². The Morgan fingerprint density at radius 1 is 1.11 bits per heavy atom. The van der Waals surface area contributed by atoms with Gasteiger partial charge in [-0.25, -0.2) is 4.79 Å². The van der Waals surface area contributed by atoms with Crippen LogP contribution in [0.3, 0.4) is 0 Å². The van der Waals surface area contributed by atoms with Gasteiger partial charge < -0.3 is 30.5 Å². The van der Waals surface area contributed by atoms with Gasteiger partial charge in [0.25, 0.3) is 0 Å². The van der Waals surface area contributed by atoms with Crippen molar-refractivity contribution in [2.45, 2.75) is 39.0 Å². The Labute approximate surface area is 203 Å². The summed E-state index contributed by atoms with van der Waals surface area (Å²) in [5.41, 5.74) is 8.76. The highest BCUT2D eigenvalue weighted by atomic mass is 16.6. The lowest BCUT2D eigenvalue weighted by atomic mass is 9.93. The van der Waals surface area contributed by atoms with Crippen molar-refractivity contribution in [3.8, 4) is 17.2 Å². The molecule has 2 aliphatic rings. The zero-order valence-electron chi connectivity index (χ0n) is 19.6. The molecule has 3 heterocycles. The molecule has 2 aliphatic heterocycles. The normalized spacial score (nSPS) is 17.9. The molecule has 0 saturated carbocycles. The summed E-state index contributed by atoms with van der Waals surface area (Å²) in [5.74, 6) is 0.742. The lowest BCUT2D eigenvalue weighted by molar-refractivity contribution is -0.122. The van der Waals surface area contributed by atoms with E-state index in [0.29, 0.717) is 23.8 Å². The number of anilines is 1. The van der Waals surface area contributed by atoms with E-state index in [2.05, 4.69) is 10.3 Å². The smallest absolute Gasteiger partial charge is 0.322 e. The van der Waals surface area contributed by atoms with Crippen LogP contribution in [0.2, 0.25) is 0 Å². The largest absolute Gasteiger partial charge is 0.508 e. The molecule has 3 aromatic rings. The minimum Gasteiger partial charge on any atom is -0.508 e. The van der Waals surface area contributed by atoms with Gasteiger partial charge in [0.15, 0.2) is 17.6 Å². The van der Waals surface area contributed by atoms with E-state index in [-0.39, 0.29) is 24.8 Å². The Balaban J connectivity index is 0.00000141. The molecule has 2 atom stereocenters. The van der Waals surface area contributed by atoms with Crippen molar-refractivity contribution in [1.29, 1.82) is 0 Å². The molecule has 0 radical (unpaired) electrons. The second-order valence-corrected chi connectivity index (χ2v) is 8.00. The first-order valence-electron chi connectivity index (χ1n) is 11.5. The van der Waals surface area contributed by atoms with Crippen LogP contribution >= 0.6 is 0 Å². The van der Waals surface area contributed by atoms with E-state index < -0.39 is 18.0 Å². The summed E-state index contributed by atoms with van der Waals surface area (Å²) in [4.78, 5) is 30.5. The van der Waals surface area contributed by atoms with Crippen molar-refractivity contribution >= 4 is 17.6 Å². The predicted molar refractivity (Wildman–Crippen MR) is 130 cm³/mol. The predicted octanol–water partition coefficient (Wildman–Crippen LogP) is 3.77. The van der Waals surface area contributed by atoms with Crippen molar-refractivity contribution < 1.29 is 24.2 Å². The fraction of sp³-hybridized carbons (Fsp3) is 0.269. The number of amides is 3. The molecule has 3 amide bonds. The van der Waals surface area contributed by atoms with E-state index in [0.717, 1.165) is 16.7 Å². The third-order valence-electron chi connectivity index (χ3n) is 5.82. The Hall–Kier alpha value is -4.27. The van der Waals surface area contributed by atoms with Crippen molar-refractivity contribution in [2.24, 2.45) is 5.73 Å². The van der Waals surface area contributed by atoms with Crippen LogP contribution in [0.5, 0.6) is 17.2 Å². The molecular weight excluding hydrogens is 448 g/mol. The number of ether oxygens (including phenoxy) is 2. The molecule has 9 nitrogen and oxygen atoms in total. The van der Waals surface area contributed by atoms with Gasteiger partial charge in [0.1, 0.15) is 18.4 Å². The van der Waals surface area contributed by atoms with Crippen molar-refractivity contribution in [3.63, 3.8) is 0 Å². The first-order chi connectivity index (χ1) is 17.0. The molecule has 0 spiro atoms. The van der Waals surface area contributed by atoms with Crippen molar-refractivity contribution in [1.82, 2.24) is 9.88 Å². The maximum Gasteiger partial charge on any atom is 0.322 e. The maximum atomic E-state index is 12.9. The van der Waals surface area contributed by atoms with Gasteiger partial charge in [-0.1, -0.05) is 26.0 Å². The second-order valence-electron chi connectivity index (χ2n) is 8.00. The number of aromatic hydroxyl groups is 1. The fourth-order valence-corrected chi connectivity index (χ4v) is 4.10. The summed E-state index contributed by atoms with van der Waals surface area (Å²) < 4.78 is 12.1. The third-order valence-corrected chi connectivity index (χ3v) is 5.82. The van der Waals surface area contributed by atoms with E-state index >= 15 is 0 Å². The molecule has 9 heteroatoms. The summed E-state index contributed by atoms with van der Waals surface area (Å²) in [7, 11) is 0. The number of pyridine rings is 1. The summed E-state index contributed by atoms with van der Waals surface area (Å²) >= 11 is 0. The summed E-state index contributed by atoms with van der Waals surface area (Å²) in [6.07, 6.45) is 3.09. The average molecular weight is 477 g/mol. The lowest BCUT2D eigenvalue weighted by Gasteiger charge is -2.36. The number of carbonyl (C=O) groups excluding carboxylic acids is 2. The molecular formula is C26H28N4O5. The Morgan fingerprint density at radius 3 is 2.54 bits per heavy atom. The molecule has 1 aromatic heterocycles. The minimum absolute atomic E-state index is 0.179. The van der Waals surface area contributed by atoms with Crippen LogP contribution in [-0.4, -0.2) is 39.6 Å². The number of aromatic nitrogens is 1. The van der Waals surface area contributed by atoms with E-state index in [1.807, 2.05) is 26.0 Å². The molecule has 0 aliphatic carbocycles. The first kappa shape index (κ1) is 23.9. The molecule has 35 heavy (non-hydrogen) atoms. The molecule has 0 bridgehead atoms. The Kier molecular flexibility index (Phi) is 7.05. The van der Waals surface area contributed by atoms with Gasteiger partial charge >= 0.3 is 6.03 Å². The standard InChI is InChI=1S/C24H22N4O5.C2H6/c25-23(30)19-8-15-9-20-21(33-22(13-32-20)14-3-5-18(29)6-4-14)10-16(15)12-28(19)24(31)27-17-2-1-7-26-11-17;1-2/h1-7,9-11,19,22,29H,8,12-13H2,(H2,25,30)(H,27,31);1-2H3. The van der Waals surface area contributed by atoms with Crippen molar-refractivity contribution in [2.75, 3.05) is 11.9 Å². The van der Waals surface area contributed by atoms with Gasteiger partial charge in [-0.3, -0.25) is 9.78 Å². The molecule has 0 saturated heterocycles. The number of fused-ring (bicyclic) bond motifs is 2. The second kappa shape index (κ2) is 10.3. The number of urea groups is 1. The topological polar surface area (TPSA) is 127 Å².